The number of thioether (sulfide) groups is 1. The summed E-state index contributed by atoms with van der Waals surface area (Å²) < 4.78 is 0. The van der Waals surface area contributed by atoms with Crippen LogP contribution in [0, 0.1) is 0 Å². The Morgan fingerprint density at radius 3 is 3.05 bits per heavy atom. The van der Waals surface area contributed by atoms with Crippen LogP contribution in [-0.2, 0) is 9.59 Å². The lowest BCUT2D eigenvalue weighted by Crippen LogP contribution is -2.44. The van der Waals surface area contributed by atoms with Gasteiger partial charge in [0.05, 0.1) is 12.3 Å². The topological polar surface area (TPSA) is 88.3 Å². The number of carbonyl (C=O) groups is 2. The molecule has 2 heterocycles. The Labute approximate surface area is 128 Å². The molecule has 1 aliphatic rings. The van der Waals surface area contributed by atoms with Gasteiger partial charge in [-0.05, 0) is 25.0 Å². The number of nitrogens with zero attached hydrogens (tertiary/aromatic N) is 2. The largest absolute Gasteiger partial charge is 0.340 e. The van der Waals surface area contributed by atoms with Crippen LogP contribution in [0.2, 0.25) is 0 Å². The Morgan fingerprint density at radius 2 is 2.33 bits per heavy atom. The van der Waals surface area contributed by atoms with Gasteiger partial charge in [0, 0.05) is 24.5 Å². The zero-order chi connectivity index (χ0) is 15.1. The highest BCUT2D eigenvalue weighted by Gasteiger charge is 2.23. The van der Waals surface area contributed by atoms with E-state index in [1.165, 1.54) is 0 Å². The molecule has 6 nitrogen and oxygen atoms in total. The molecule has 0 spiro atoms. The molecular weight excluding hydrogens is 288 g/mol. The number of amides is 2. The summed E-state index contributed by atoms with van der Waals surface area (Å²) in [5, 5.41) is 3.05. The maximum atomic E-state index is 11.9. The van der Waals surface area contributed by atoms with E-state index >= 15 is 0 Å². The number of hydrogen-bond acceptors (Lipinski definition) is 5. The van der Waals surface area contributed by atoms with Crippen molar-refractivity contribution >= 4 is 29.4 Å². The van der Waals surface area contributed by atoms with E-state index in [1.807, 2.05) is 6.07 Å². The van der Waals surface area contributed by atoms with E-state index in [4.69, 9.17) is 5.73 Å². The normalized spacial score (nSPS) is 18.3. The summed E-state index contributed by atoms with van der Waals surface area (Å²) in [6.07, 6.45) is 3.63. The first-order chi connectivity index (χ1) is 10.2. The van der Waals surface area contributed by atoms with Crippen molar-refractivity contribution in [2.75, 3.05) is 30.7 Å². The zero-order valence-electron chi connectivity index (χ0n) is 11.8. The average molecular weight is 308 g/mol. The van der Waals surface area contributed by atoms with Gasteiger partial charge in [0.15, 0.2) is 0 Å². The number of nitrogens with two attached hydrogens (primary N) is 1. The quantitative estimate of drug-likeness (QED) is 0.836. The van der Waals surface area contributed by atoms with Crippen LogP contribution < -0.4 is 11.1 Å². The van der Waals surface area contributed by atoms with Crippen LogP contribution in [0.15, 0.2) is 24.4 Å². The number of carbonyl (C=O) groups excluding carboxylic acids is 2. The Morgan fingerprint density at radius 1 is 1.48 bits per heavy atom. The Balaban J connectivity index is 1.75. The van der Waals surface area contributed by atoms with E-state index in [1.54, 1.807) is 35.0 Å². The predicted molar refractivity (Wildman–Crippen MR) is 84.0 cm³/mol. The molecule has 1 fully saturated rings. The average Bonchev–Trinajstić information content (AvgIpc) is 2.53. The van der Waals surface area contributed by atoms with Crippen LogP contribution in [0.4, 0.5) is 5.82 Å². The predicted octanol–water partition coefficient (Wildman–Crippen LogP) is 0.703. The SMILES string of the molecule is NCC(=O)N1CCCC(SCC(=O)Nc2ccccn2)C1. The van der Waals surface area contributed by atoms with Crippen LogP contribution in [0.1, 0.15) is 12.8 Å². The van der Waals surface area contributed by atoms with Gasteiger partial charge in [0.1, 0.15) is 5.82 Å². The minimum atomic E-state index is -0.0685. The summed E-state index contributed by atoms with van der Waals surface area (Å²) in [4.78, 5) is 29.3. The number of hydrogen-bond donors (Lipinski definition) is 2. The minimum absolute atomic E-state index is 0.0155. The van der Waals surface area contributed by atoms with Crippen LogP contribution in [0.5, 0.6) is 0 Å². The van der Waals surface area contributed by atoms with Gasteiger partial charge in [-0.15, -0.1) is 11.8 Å². The third-order valence-corrected chi connectivity index (χ3v) is 4.57. The fourth-order valence-corrected chi connectivity index (χ4v) is 3.32. The minimum Gasteiger partial charge on any atom is -0.340 e. The van der Waals surface area contributed by atoms with Crippen LogP contribution in [0.25, 0.3) is 0 Å². The van der Waals surface area contributed by atoms with Gasteiger partial charge in [-0.3, -0.25) is 9.59 Å². The first-order valence-electron chi connectivity index (χ1n) is 6.99. The van der Waals surface area contributed by atoms with E-state index in [2.05, 4.69) is 10.3 Å². The van der Waals surface area contributed by atoms with E-state index in [9.17, 15) is 9.59 Å². The third-order valence-electron chi connectivity index (χ3n) is 3.29. The van der Waals surface area contributed by atoms with Gasteiger partial charge in [0.2, 0.25) is 11.8 Å². The molecule has 0 bridgehead atoms. The van der Waals surface area contributed by atoms with Crippen LogP contribution in [0.3, 0.4) is 0 Å². The Hall–Kier alpha value is -1.60. The molecule has 0 radical (unpaired) electrons. The number of anilines is 1. The number of nitrogens with one attached hydrogen (secondary N) is 1. The molecule has 0 saturated carbocycles. The monoisotopic (exact) mass is 308 g/mol. The van der Waals surface area contributed by atoms with E-state index < -0.39 is 0 Å². The lowest BCUT2D eigenvalue weighted by atomic mass is 10.1. The Bertz CT molecular complexity index is 483. The Kier molecular flexibility index (Phi) is 6.01. The molecule has 114 valence electrons. The second-order valence-corrected chi connectivity index (χ2v) is 6.17. The van der Waals surface area contributed by atoms with Crippen molar-refractivity contribution in [3.63, 3.8) is 0 Å². The van der Waals surface area contributed by atoms with Crippen molar-refractivity contribution < 1.29 is 9.59 Å². The lowest BCUT2D eigenvalue weighted by molar-refractivity contribution is -0.130. The molecule has 1 saturated heterocycles. The molecule has 0 aromatic carbocycles. The summed E-state index contributed by atoms with van der Waals surface area (Å²) in [5.74, 6) is 0.845. The van der Waals surface area contributed by atoms with Crippen LogP contribution >= 0.6 is 11.8 Å². The molecule has 0 aliphatic carbocycles. The number of piperidine rings is 1. The first kappa shape index (κ1) is 15.8. The van der Waals surface area contributed by atoms with Crippen LogP contribution in [-0.4, -0.2) is 52.3 Å². The van der Waals surface area contributed by atoms with Gasteiger partial charge in [0.25, 0.3) is 0 Å². The molecule has 1 unspecified atom stereocenters. The smallest absolute Gasteiger partial charge is 0.236 e. The van der Waals surface area contributed by atoms with E-state index in [0.29, 0.717) is 23.4 Å². The van der Waals surface area contributed by atoms with Crippen molar-refractivity contribution in [1.29, 1.82) is 0 Å². The number of rotatable bonds is 5. The van der Waals surface area contributed by atoms with Crippen molar-refractivity contribution in [2.45, 2.75) is 18.1 Å². The third kappa shape index (κ3) is 5.02. The maximum Gasteiger partial charge on any atom is 0.236 e. The number of likely N-dealkylation sites (tertiary alicyclic amines) is 1. The summed E-state index contributed by atoms with van der Waals surface area (Å²) in [7, 11) is 0. The highest BCUT2D eigenvalue weighted by atomic mass is 32.2. The number of aromatic nitrogens is 1. The van der Waals surface area contributed by atoms with Gasteiger partial charge in [-0.1, -0.05) is 6.07 Å². The fraction of sp³-hybridized carbons (Fsp3) is 0.500. The van der Waals surface area contributed by atoms with E-state index in [0.717, 1.165) is 19.4 Å². The summed E-state index contributed by atoms with van der Waals surface area (Å²) in [6, 6.07) is 5.38. The van der Waals surface area contributed by atoms with Gasteiger partial charge in [-0.25, -0.2) is 4.98 Å². The molecule has 3 N–H and O–H groups in total. The second kappa shape index (κ2) is 7.99. The first-order valence-corrected chi connectivity index (χ1v) is 8.04. The van der Waals surface area contributed by atoms with Gasteiger partial charge in [-0.2, -0.15) is 0 Å². The highest BCUT2D eigenvalue weighted by molar-refractivity contribution is 8.00. The van der Waals surface area contributed by atoms with Crippen molar-refractivity contribution in [2.24, 2.45) is 5.73 Å². The zero-order valence-corrected chi connectivity index (χ0v) is 12.6. The van der Waals surface area contributed by atoms with Crippen molar-refractivity contribution in [3.8, 4) is 0 Å². The molecule has 1 aromatic rings. The second-order valence-electron chi connectivity index (χ2n) is 4.88. The maximum absolute atomic E-state index is 11.9. The van der Waals surface area contributed by atoms with E-state index in [-0.39, 0.29) is 18.4 Å². The summed E-state index contributed by atoms with van der Waals surface area (Å²) in [6.45, 7) is 1.50. The molecule has 2 rings (SSSR count). The molecule has 2 amide bonds. The standard InChI is InChI=1S/C14H20N4O2S/c15-8-14(20)18-7-3-4-11(9-18)21-10-13(19)17-12-5-1-2-6-16-12/h1-2,5-6,11H,3-4,7-10,15H2,(H,16,17,19). The highest BCUT2D eigenvalue weighted by Crippen LogP contribution is 2.22. The molecule has 21 heavy (non-hydrogen) atoms. The van der Waals surface area contributed by atoms with Gasteiger partial charge < -0.3 is 16.0 Å². The van der Waals surface area contributed by atoms with Crippen molar-refractivity contribution in [3.05, 3.63) is 24.4 Å². The number of pyridine rings is 1. The van der Waals surface area contributed by atoms with Gasteiger partial charge >= 0.3 is 0 Å². The lowest BCUT2D eigenvalue weighted by Gasteiger charge is -2.32. The summed E-state index contributed by atoms with van der Waals surface area (Å²) >= 11 is 1.58. The fourth-order valence-electron chi connectivity index (χ4n) is 2.24. The molecule has 1 aliphatic heterocycles. The molecule has 7 heteroatoms. The van der Waals surface area contributed by atoms with Crippen molar-refractivity contribution in [1.82, 2.24) is 9.88 Å². The summed E-state index contributed by atoms with van der Waals surface area (Å²) in [5.41, 5.74) is 5.39. The molecule has 1 aromatic heterocycles. The molecule has 1 atom stereocenters. The molecular formula is C14H20N4O2S.